The summed E-state index contributed by atoms with van der Waals surface area (Å²) in [5, 5.41) is 0. The number of hydrogen-bond donors (Lipinski definition) is 0. The van der Waals surface area contributed by atoms with Crippen LogP contribution in [0.25, 0.3) is 0 Å². The lowest BCUT2D eigenvalue weighted by Gasteiger charge is -1.96. The third-order valence-electron chi connectivity index (χ3n) is 2.13. The van der Waals surface area contributed by atoms with E-state index in [2.05, 4.69) is 19.1 Å². The van der Waals surface area contributed by atoms with E-state index >= 15 is 0 Å². The van der Waals surface area contributed by atoms with Gasteiger partial charge >= 0.3 is 0 Å². The van der Waals surface area contributed by atoms with Gasteiger partial charge in [0, 0.05) is 5.92 Å². The lowest BCUT2D eigenvalue weighted by atomic mass is 10.1. The molecule has 1 nitrogen and oxygen atoms in total. The standard InChI is InChI=1S/C12H22O/c1-3-4-5-6-7-8-9-10-12(2)11-13/h8-9,11-12H,3-7,10H2,1-2H3. The Bertz CT molecular complexity index is 138. The van der Waals surface area contributed by atoms with Crippen LogP contribution in [0.15, 0.2) is 12.2 Å². The molecule has 0 aromatic heterocycles. The molecule has 1 unspecified atom stereocenters. The van der Waals surface area contributed by atoms with Crippen molar-refractivity contribution in [2.75, 3.05) is 0 Å². The van der Waals surface area contributed by atoms with Crippen LogP contribution in [0.3, 0.4) is 0 Å². The monoisotopic (exact) mass is 182 g/mol. The fraction of sp³-hybridized carbons (Fsp3) is 0.750. The zero-order valence-electron chi connectivity index (χ0n) is 8.96. The number of aldehydes is 1. The second-order valence-corrected chi connectivity index (χ2v) is 3.67. The van der Waals surface area contributed by atoms with Crippen LogP contribution in [0.4, 0.5) is 0 Å². The van der Waals surface area contributed by atoms with E-state index in [9.17, 15) is 4.79 Å². The smallest absolute Gasteiger partial charge is 0.123 e. The summed E-state index contributed by atoms with van der Waals surface area (Å²) in [6.07, 6.45) is 12.7. The first-order valence-corrected chi connectivity index (χ1v) is 5.41. The molecule has 0 aliphatic carbocycles. The highest BCUT2D eigenvalue weighted by Crippen LogP contribution is 2.04. The number of unbranched alkanes of at least 4 members (excludes halogenated alkanes) is 4. The normalized spacial score (nSPS) is 13.4. The number of rotatable bonds is 8. The van der Waals surface area contributed by atoms with Gasteiger partial charge in [-0.25, -0.2) is 0 Å². The van der Waals surface area contributed by atoms with E-state index in [1.165, 1.54) is 32.1 Å². The van der Waals surface area contributed by atoms with Gasteiger partial charge in [0.2, 0.25) is 0 Å². The van der Waals surface area contributed by atoms with E-state index in [0.717, 1.165) is 12.7 Å². The molecule has 0 spiro atoms. The summed E-state index contributed by atoms with van der Waals surface area (Å²) in [6.45, 7) is 4.18. The van der Waals surface area contributed by atoms with Crippen molar-refractivity contribution in [2.24, 2.45) is 5.92 Å². The first-order chi connectivity index (χ1) is 6.31. The number of carbonyl (C=O) groups is 1. The minimum absolute atomic E-state index is 0.187. The van der Waals surface area contributed by atoms with Crippen LogP contribution in [-0.4, -0.2) is 6.29 Å². The molecule has 0 aliphatic rings. The molecule has 0 saturated heterocycles. The van der Waals surface area contributed by atoms with Gasteiger partial charge in [0.25, 0.3) is 0 Å². The van der Waals surface area contributed by atoms with Gasteiger partial charge in [0.15, 0.2) is 0 Å². The van der Waals surface area contributed by atoms with E-state index < -0.39 is 0 Å². The van der Waals surface area contributed by atoms with Gasteiger partial charge in [-0.05, 0) is 19.3 Å². The minimum Gasteiger partial charge on any atom is -0.303 e. The molecule has 0 rings (SSSR count). The van der Waals surface area contributed by atoms with Crippen LogP contribution in [-0.2, 0) is 4.79 Å². The quantitative estimate of drug-likeness (QED) is 0.317. The first-order valence-electron chi connectivity index (χ1n) is 5.41. The van der Waals surface area contributed by atoms with Gasteiger partial charge in [0.1, 0.15) is 6.29 Å². The Morgan fingerprint density at radius 3 is 2.54 bits per heavy atom. The van der Waals surface area contributed by atoms with Gasteiger partial charge in [0.05, 0.1) is 0 Å². The maximum absolute atomic E-state index is 10.3. The molecule has 1 atom stereocenters. The van der Waals surface area contributed by atoms with Crippen molar-refractivity contribution in [3.05, 3.63) is 12.2 Å². The van der Waals surface area contributed by atoms with Gasteiger partial charge < -0.3 is 4.79 Å². The molecule has 1 heteroatoms. The first kappa shape index (κ1) is 12.4. The molecule has 0 heterocycles. The van der Waals surface area contributed by atoms with Crippen LogP contribution in [0.1, 0.15) is 52.4 Å². The largest absolute Gasteiger partial charge is 0.303 e. The zero-order chi connectivity index (χ0) is 9.94. The molecule has 0 aromatic rings. The third-order valence-corrected chi connectivity index (χ3v) is 2.13. The Kier molecular flexibility index (Phi) is 9.07. The summed E-state index contributed by atoms with van der Waals surface area (Å²) in [6, 6.07) is 0. The fourth-order valence-corrected chi connectivity index (χ4v) is 1.17. The fourth-order valence-electron chi connectivity index (χ4n) is 1.17. The van der Waals surface area contributed by atoms with Crippen molar-refractivity contribution in [1.29, 1.82) is 0 Å². The molecule has 0 bridgehead atoms. The number of hydrogen-bond acceptors (Lipinski definition) is 1. The van der Waals surface area contributed by atoms with Crippen molar-refractivity contribution < 1.29 is 4.79 Å². The molecule has 0 amide bonds. The van der Waals surface area contributed by atoms with E-state index in [0.29, 0.717) is 0 Å². The Labute approximate surface area is 82.2 Å². The molecule has 0 aliphatic heterocycles. The van der Waals surface area contributed by atoms with Gasteiger partial charge in [-0.15, -0.1) is 0 Å². The number of carbonyl (C=O) groups excluding carboxylic acids is 1. The molecule has 0 N–H and O–H groups in total. The van der Waals surface area contributed by atoms with Gasteiger partial charge in [-0.1, -0.05) is 45.3 Å². The Morgan fingerprint density at radius 2 is 1.92 bits per heavy atom. The highest BCUT2D eigenvalue weighted by atomic mass is 16.1. The molecule has 76 valence electrons. The second kappa shape index (κ2) is 9.50. The highest BCUT2D eigenvalue weighted by molar-refractivity contribution is 5.52. The van der Waals surface area contributed by atoms with Crippen LogP contribution < -0.4 is 0 Å². The average molecular weight is 182 g/mol. The summed E-state index contributed by atoms with van der Waals surface area (Å²) in [5.74, 6) is 0.187. The highest BCUT2D eigenvalue weighted by Gasteiger charge is 1.93. The topological polar surface area (TPSA) is 17.1 Å². The summed E-state index contributed by atoms with van der Waals surface area (Å²) in [7, 11) is 0. The predicted octanol–water partition coefficient (Wildman–Crippen LogP) is 3.74. The molecule has 13 heavy (non-hydrogen) atoms. The van der Waals surface area contributed by atoms with Gasteiger partial charge in [-0.2, -0.15) is 0 Å². The van der Waals surface area contributed by atoms with Crippen molar-refractivity contribution in [1.82, 2.24) is 0 Å². The second-order valence-electron chi connectivity index (χ2n) is 3.67. The van der Waals surface area contributed by atoms with Crippen molar-refractivity contribution in [3.63, 3.8) is 0 Å². The SMILES string of the molecule is CCCCCCC=CCC(C)C=O. The maximum Gasteiger partial charge on any atom is 0.123 e. The summed E-state index contributed by atoms with van der Waals surface area (Å²) < 4.78 is 0. The van der Waals surface area contributed by atoms with Crippen molar-refractivity contribution >= 4 is 6.29 Å². The molecule has 0 saturated carbocycles. The van der Waals surface area contributed by atoms with Gasteiger partial charge in [-0.3, -0.25) is 0 Å². The third kappa shape index (κ3) is 9.32. The summed E-state index contributed by atoms with van der Waals surface area (Å²) in [5.41, 5.74) is 0. The van der Waals surface area contributed by atoms with E-state index in [-0.39, 0.29) is 5.92 Å². The van der Waals surface area contributed by atoms with Crippen molar-refractivity contribution in [3.8, 4) is 0 Å². The minimum atomic E-state index is 0.187. The van der Waals surface area contributed by atoms with Crippen LogP contribution in [0.5, 0.6) is 0 Å². The zero-order valence-corrected chi connectivity index (χ0v) is 8.96. The Balaban J connectivity index is 3.16. The van der Waals surface area contributed by atoms with Crippen molar-refractivity contribution in [2.45, 2.75) is 52.4 Å². The van der Waals surface area contributed by atoms with Crippen LogP contribution in [0, 0.1) is 5.92 Å². The molecular formula is C12H22O. The molecule has 0 aromatic carbocycles. The lowest BCUT2D eigenvalue weighted by Crippen LogP contribution is -1.91. The van der Waals surface area contributed by atoms with E-state index in [1.807, 2.05) is 6.92 Å². The summed E-state index contributed by atoms with van der Waals surface area (Å²) in [4.78, 5) is 10.3. The summed E-state index contributed by atoms with van der Waals surface area (Å²) >= 11 is 0. The van der Waals surface area contributed by atoms with Crippen LogP contribution in [0.2, 0.25) is 0 Å². The molecular weight excluding hydrogens is 160 g/mol. The lowest BCUT2D eigenvalue weighted by molar-refractivity contribution is -0.110. The Hall–Kier alpha value is -0.590. The number of allylic oxidation sites excluding steroid dienone is 2. The molecule has 0 radical (unpaired) electrons. The predicted molar refractivity (Wildman–Crippen MR) is 57.7 cm³/mol. The molecule has 0 fully saturated rings. The maximum atomic E-state index is 10.3. The van der Waals surface area contributed by atoms with E-state index in [4.69, 9.17) is 0 Å². The van der Waals surface area contributed by atoms with Crippen LogP contribution >= 0.6 is 0 Å². The van der Waals surface area contributed by atoms with E-state index in [1.54, 1.807) is 0 Å². The Morgan fingerprint density at radius 1 is 1.15 bits per heavy atom. The average Bonchev–Trinajstić information content (AvgIpc) is 2.16.